The minimum atomic E-state index is 0.283. The van der Waals surface area contributed by atoms with Gasteiger partial charge in [-0.3, -0.25) is 0 Å². The van der Waals surface area contributed by atoms with Gasteiger partial charge in [0.05, 0.1) is 12.3 Å². The van der Waals surface area contributed by atoms with Crippen molar-refractivity contribution in [3.05, 3.63) is 16.5 Å². The number of aromatic nitrogens is 2. The molecule has 0 saturated heterocycles. The zero-order chi connectivity index (χ0) is 10.7. The van der Waals surface area contributed by atoms with Crippen molar-refractivity contribution in [3.8, 4) is 5.88 Å². The Morgan fingerprint density at radius 3 is 2.50 bits per heavy atom. The highest BCUT2D eigenvalue weighted by molar-refractivity contribution is 6.32. The van der Waals surface area contributed by atoms with Crippen LogP contribution in [0.3, 0.4) is 0 Å². The number of ether oxygens (including phenoxy) is 1. The van der Waals surface area contributed by atoms with Crippen molar-refractivity contribution in [2.24, 2.45) is 0 Å². The number of hydrogen-bond acceptors (Lipinski definition) is 3. The summed E-state index contributed by atoms with van der Waals surface area (Å²) in [6.45, 7) is 8.41. The van der Waals surface area contributed by atoms with Crippen molar-refractivity contribution in [2.75, 3.05) is 6.61 Å². The molecule has 1 heterocycles. The number of halogens is 1. The largest absolute Gasteiger partial charge is 0.477 e. The summed E-state index contributed by atoms with van der Waals surface area (Å²) in [4.78, 5) is 8.55. The maximum Gasteiger partial charge on any atom is 0.236 e. The van der Waals surface area contributed by atoms with Gasteiger partial charge in [-0.05, 0) is 13.8 Å². The first kappa shape index (κ1) is 11.2. The molecule has 0 aromatic carbocycles. The van der Waals surface area contributed by atoms with E-state index in [1.807, 2.05) is 27.7 Å². The number of rotatable bonds is 3. The van der Waals surface area contributed by atoms with Crippen molar-refractivity contribution < 1.29 is 4.74 Å². The second-order valence-electron chi connectivity index (χ2n) is 3.37. The van der Waals surface area contributed by atoms with E-state index in [9.17, 15) is 0 Å². The zero-order valence-corrected chi connectivity index (χ0v) is 9.72. The summed E-state index contributed by atoms with van der Waals surface area (Å²) < 4.78 is 5.33. The van der Waals surface area contributed by atoms with Crippen LogP contribution in [0, 0.1) is 6.92 Å². The molecule has 0 spiro atoms. The van der Waals surface area contributed by atoms with E-state index in [1.165, 1.54) is 0 Å². The van der Waals surface area contributed by atoms with Crippen LogP contribution in [0.25, 0.3) is 0 Å². The molecule has 1 aromatic heterocycles. The smallest absolute Gasteiger partial charge is 0.236 e. The number of aryl methyl sites for hydroxylation is 1. The molecule has 3 nitrogen and oxygen atoms in total. The average molecular weight is 215 g/mol. The van der Waals surface area contributed by atoms with Crippen LogP contribution < -0.4 is 4.74 Å². The van der Waals surface area contributed by atoms with Gasteiger partial charge in [0.2, 0.25) is 5.88 Å². The van der Waals surface area contributed by atoms with Gasteiger partial charge in [0, 0.05) is 5.92 Å². The molecule has 4 heteroatoms. The molecule has 0 atom stereocenters. The van der Waals surface area contributed by atoms with Gasteiger partial charge in [0.1, 0.15) is 10.8 Å². The monoisotopic (exact) mass is 214 g/mol. The number of nitrogens with zero attached hydrogens (tertiary/aromatic N) is 2. The third kappa shape index (κ3) is 2.35. The highest BCUT2D eigenvalue weighted by atomic mass is 35.5. The predicted octanol–water partition coefficient (Wildman–Crippen LogP) is 2.96. The first-order chi connectivity index (χ1) is 6.56. The Hall–Kier alpha value is -0.830. The molecule has 0 amide bonds. The van der Waals surface area contributed by atoms with Gasteiger partial charge < -0.3 is 4.74 Å². The molecular weight excluding hydrogens is 200 g/mol. The fourth-order valence-corrected chi connectivity index (χ4v) is 1.18. The molecule has 0 unspecified atom stereocenters. The van der Waals surface area contributed by atoms with E-state index in [0.717, 1.165) is 11.5 Å². The molecule has 0 N–H and O–H groups in total. The van der Waals surface area contributed by atoms with E-state index >= 15 is 0 Å². The van der Waals surface area contributed by atoms with Crippen LogP contribution in [0.15, 0.2) is 0 Å². The highest BCUT2D eigenvalue weighted by Gasteiger charge is 2.12. The SMILES string of the molecule is CCOc1nc(C(C)C)nc(C)c1Cl. The Labute approximate surface area is 89.5 Å². The molecule has 0 aliphatic rings. The van der Waals surface area contributed by atoms with E-state index in [0.29, 0.717) is 17.5 Å². The molecule has 0 bridgehead atoms. The lowest BCUT2D eigenvalue weighted by molar-refractivity contribution is 0.324. The van der Waals surface area contributed by atoms with E-state index in [4.69, 9.17) is 16.3 Å². The van der Waals surface area contributed by atoms with Crippen LogP contribution >= 0.6 is 11.6 Å². The Morgan fingerprint density at radius 1 is 1.36 bits per heavy atom. The van der Waals surface area contributed by atoms with Crippen LogP contribution in [-0.4, -0.2) is 16.6 Å². The third-order valence-electron chi connectivity index (χ3n) is 1.80. The lowest BCUT2D eigenvalue weighted by atomic mass is 10.2. The van der Waals surface area contributed by atoms with E-state index < -0.39 is 0 Å². The van der Waals surface area contributed by atoms with Gasteiger partial charge in [-0.15, -0.1) is 0 Å². The molecule has 78 valence electrons. The summed E-state index contributed by atoms with van der Waals surface area (Å²) in [6.07, 6.45) is 0. The summed E-state index contributed by atoms with van der Waals surface area (Å²) in [7, 11) is 0. The maximum atomic E-state index is 6.00. The number of hydrogen-bond donors (Lipinski definition) is 0. The predicted molar refractivity (Wildman–Crippen MR) is 57.0 cm³/mol. The van der Waals surface area contributed by atoms with Gasteiger partial charge in [-0.2, -0.15) is 4.98 Å². The third-order valence-corrected chi connectivity index (χ3v) is 2.24. The molecule has 0 radical (unpaired) electrons. The fourth-order valence-electron chi connectivity index (χ4n) is 1.04. The molecule has 1 rings (SSSR count). The Balaban J connectivity index is 3.14. The molecule has 14 heavy (non-hydrogen) atoms. The molecule has 0 saturated carbocycles. The Kier molecular flexibility index (Phi) is 3.69. The highest BCUT2D eigenvalue weighted by Crippen LogP contribution is 2.26. The summed E-state index contributed by atoms with van der Waals surface area (Å²) in [6, 6.07) is 0. The minimum Gasteiger partial charge on any atom is -0.477 e. The normalized spacial score (nSPS) is 10.7. The van der Waals surface area contributed by atoms with Crippen LogP contribution in [-0.2, 0) is 0 Å². The lowest BCUT2D eigenvalue weighted by Gasteiger charge is -2.10. The van der Waals surface area contributed by atoms with Crippen molar-refractivity contribution in [2.45, 2.75) is 33.6 Å². The molecule has 0 aliphatic carbocycles. The van der Waals surface area contributed by atoms with Crippen LogP contribution in [0.4, 0.5) is 0 Å². The summed E-state index contributed by atoms with van der Waals surface area (Å²) in [5.74, 6) is 1.55. The zero-order valence-electron chi connectivity index (χ0n) is 8.97. The average Bonchev–Trinajstić information content (AvgIpc) is 2.12. The molecule has 0 fully saturated rings. The standard InChI is InChI=1S/C10H15ClN2O/c1-5-14-10-8(11)7(4)12-9(13-10)6(2)3/h6H,5H2,1-4H3. The van der Waals surface area contributed by atoms with Gasteiger partial charge in [-0.1, -0.05) is 25.4 Å². The fraction of sp³-hybridized carbons (Fsp3) is 0.600. The Bertz CT molecular complexity index is 326. The summed E-state index contributed by atoms with van der Waals surface area (Å²) in [5, 5.41) is 0.510. The lowest BCUT2D eigenvalue weighted by Crippen LogP contribution is -2.04. The molecular formula is C10H15ClN2O. The summed E-state index contributed by atoms with van der Waals surface area (Å²) in [5.41, 5.74) is 0.772. The first-order valence-corrected chi connectivity index (χ1v) is 5.10. The van der Waals surface area contributed by atoms with E-state index in [-0.39, 0.29) is 5.92 Å². The van der Waals surface area contributed by atoms with Crippen LogP contribution in [0.5, 0.6) is 5.88 Å². The van der Waals surface area contributed by atoms with Crippen molar-refractivity contribution in [1.82, 2.24) is 9.97 Å². The van der Waals surface area contributed by atoms with Crippen LogP contribution in [0.2, 0.25) is 5.02 Å². The molecule has 0 aliphatic heterocycles. The summed E-state index contributed by atoms with van der Waals surface area (Å²) >= 11 is 6.00. The van der Waals surface area contributed by atoms with Gasteiger partial charge >= 0.3 is 0 Å². The van der Waals surface area contributed by atoms with Crippen molar-refractivity contribution in [3.63, 3.8) is 0 Å². The van der Waals surface area contributed by atoms with E-state index in [1.54, 1.807) is 0 Å². The minimum absolute atomic E-state index is 0.283. The molecule has 1 aromatic rings. The maximum absolute atomic E-state index is 6.00. The van der Waals surface area contributed by atoms with Gasteiger partial charge in [0.15, 0.2) is 0 Å². The van der Waals surface area contributed by atoms with Gasteiger partial charge in [0.25, 0.3) is 0 Å². The first-order valence-electron chi connectivity index (χ1n) is 4.73. The van der Waals surface area contributed by atoms with Crippen molar-refractivity contribution >= 4 is 11.6 Å². The Morgan fingerprint density at radius 2 is 2.00 bits per heavy atom. The van der Waals surface area contributed by atoms with Gasteiger partial charge in [-0.25, -0.2) is 4.98 Å². The van der Waals surface area contributed by atoms with E-state index in [2.05, 4.69) is 9.97 Å². The second-order valence-corrected chi connectivity index (χ2v) is 3.75. The van der Waals surface area contributed by atoms with Crippen LogP contribution in [0.1, 0.15) is 38.2 Å². The second kappa shape index (κ2) is 4.60. The topological polar surface area (TPSA) is 35.0 Å². The quantitative estimate of drug-likeness (QED) is 0.776. The van der Waals surface area contributed by atoms with Crippen molar-refractivity contribution in [1.29, 1.82) is 0 Å².